The molecule has 2 unspecified atom stereocenters. The van der Waals surface area contributed by atoms with Gasteiger partial charge >= 0.3 is 0 Å². The molecule has 3 nitrogen and oxygen atoms in total. The zero-order chi connectivity index (χ0) is 13.5. The molecule has 1 N–H and O–H groups in total. The molecule has 0 radical (unpaired) electrons. The Balaban J connectivity index is 1.83. The zero-order valence-corrected chi connectivity index (χ0v) is 13.0. The van der Waals surface area contributed by atoms with Crippen LogP contribution in [0, 0.1) is 0 Å². The average Bonchev–Trinajstić information content (AvgIpc) is 3.07. The Kier molecular flexibility index (Phi) is 5.87. The highest BCUT2D eigenvalue weighted by atomic mass is 32.3. The minimum Gasteiger partial charge on any atom is -0.237 e. The maximum atomic E-state index is 11.6. The van der Waals surface area contributed by atoms with Gasteiger partial charge in [0.2, 0.25) is 0 Å². The molecule has 0 saturated carbocycles. The first-order valence-electron chi connectivity index (χ1n) is 5.22. The lowest BCUT2D eigenvalue weighted by Gasteiger charge is -1.95. The van der Waals surface area contributed by atoms with Crippen LogP contribution in [0.3, 0.4) is 0 Å². The Morgan fingerprint density at radius 1 is 0.895 bits per heavy atom. The monoisotopic (exact) mass is 329 g/mol. The van der Waals surface area contributed by atoms with E-state index in [2.05, 4.69) is 4.13 Å². The Morgan fingerprint density at radius 3 is 1.74 bits per heavy atom. The lowest BCUT2D eigenvalue weighted by molar-refractivity contribution is 0.678. The highest BCUT2D eigenvalue weighted by Crippen LogP contribution is 2.09. The highest BCUT2D eigenvalue weighted by molar-refractivity contribution is 8.01. The van der Waals surface area contributed by atoms with Crippen LogP contribution < -0.4 is 4.13 Å². The van der Waals surface area contributed by atoms with Crippen molar-refractivity contribution >= 4 is 56.8 Å². The van der Waals surface area contributed by atoms with Gasteiger partial charge in [0.05, 0.1) is 0 Å². The topological polar surface area (TPSA) is 46.2 Å². The van der Waals surface area contributed by atoms with Crippen molar-refractivity contribution in [3.63, 3.8) is 0 Å². The van der Waals surface area contributed by atoms with Gasteiger partial charge in [0.15, 0.2) is 0 Å². The molecule has 0 spiro atoms. The molecule has 0 aromatic carbocycles. The summed E-state index contributed by atoms with van der Waals surface area (Å²) in [6, 6.07) is 3.84. The number of rotatable bonds is 6. The lowest BCUT2D eigenvalue weighted by Crippen LogP contribution is -2.15. The smallest absolute Gasteiger partial charge is 0.129 e. The van der Waals surface area contributed by atoms with Crippen LogP contribution in [0.1, 0.15) is 11.1 Å². The van der Waals surface area contributed by atoms with Gasteiger partial charge in [0, 0.05) is 10.8 Å². The van der Waals surface area contributed by atoms with Gasteiger partial charge in [0.25, 0.3) is 0 Å². The van der Waals surface area contributed by atoms with Crippen LogP contribution in [0.25, 0.3) is 12.2 Å². The molecule has 19 heavy (non-hydrogen) atoms. The summed E-state index contributed by atoms with van der Waals surface area (Å²) in [7, 11) is -2.92. The summed E-state index contributed by atoms with van der Waals surface area (Å²) in [6.45, 7) is 0. The second-order valence-electron chi connectivity index (χ2n) is 3.40. The van der Waals surface area contributed by atoms with Crippen LogP contribution in [0.2, 0.25) is 0 Å². The molecule has 0 amide bonds. The second kappa shape index (κ2) is 7.66. The summed E-state index contributed by atoms with van der Waals surface area (Å²) < 4.78 is 25.7. The van der Waals surface area contributed by atoms with Crippen LogP contribution in [0.4, 0.5) is 0 Å². The molecule has 2 aromatic rings. The van der Waals surface area contributed by atoms with E-state index in [1.165, 1.54) is 10.8 Å². The van der Waals surface area contributed by atoms with E-state index in [4.69, 9.17) is 0 Å². The van der Waals surface area contributed by atoms with Gasteiger partial charge in [-0.15, -0.1) is 4.13 Å². The first-order valence-corrected chi connectivity index (χ1v) is 9.53. The van der Waals surface area contributed by atoms with Gasteiger partial charge in [0.1, 0.15) is 22.0 Å². The molecule has 7 heteroatoms. The maximum Gasteiger partial charge on any atom is 0.129 e. The number of nitrogens with one attached hydrogen (secondary N) is 1. The summed E-state index contributed by atoms with van der Waals surface area (Å²) in [5, 5.41) is 10.7. The predicted octanol–water partition coefficient (Wildman–Crippen LogP) is 3.37. The van der Waals surface area contributed by atoms with Crippen molar-refractivity contribution in [2.24, 2.45) is 0 Å². The maximum absolute atomic E-state index is 11.6. The summed E-state index contributed by atoms with van der Waals surface area (Å²) in [6.07, 6.45) is 3.47. The van der Waals surface area contributed by atoms with Crippen LogP contribution in [0.15, 0.2) is 44.5 Å². The molecule has 2 rings (SSSR count). The quantitative estimate of drug-likeness (QED) is 0.883. The van der Waals surface area contributed by atoms with Crippen LogP contribution >= 0.6 is 22.7 Å². The van der Waals surface area contributed by atoms with Gasteiger partial charge in [-0.05, 0) is 56.9 Å². The molecule has 0 aliphatic carbocycles. The number of thiophene rings is 2. The Bertz CT molecular complexity index is 545. The van der Waals surface area contributed by atoms with Gasteiger partial charge in [-0.25, -0.2) is 8.42 Å². The van der Waals surface area contributed by atoms with Crippen molar-refractivity contribution in [2.75, 3.05) is 0 Å². The first-order chi connectivity index (χ1) is 9.24. The normalized spacial score (nSPS) is 15.2. The molecule has 0 bridgehead atoms. The Labute approximate surface area is 124 Å². The molecule has 2 heterocycles. The second-order valence-corrected chi connectivity index (χ2v) is 7.36. The van der Waals surface area contributed by atoms with E-state index >= 15 is 0 Å². The minimum atomic E-state index is -1.46. The van der Waals surface area contributed by atoms with Gasteiger partial charge in [-0.2, -0.15) is 22.7 Å². The van der Waals surface area contributed by atoms with Crippen LogP contribution in [0.5, 0.6) is 0 Å². The van der Waals surface area contributed by atoms with Crippen molar-refractivity contribution in [1.29, 1.82) is 0 Å². The molecular weight excluding hydrogens is 318 g/mol. The predicted molar refractivity (Wildman–Crippen MR) is 86.1 cm³/mol. The number of hydrogen-bond donors (Lipinski definition) is 1. The van der Waals surface area contributed by atoms with E-state index < -0.39 is 22.0 Å². The molecule has 100 valence electrons. The fourth-order valence-electron chi connectivity index (χ4n) is 1.16. The van der Waals surface area contributed by atoms with E-state index in [1.807, 2.05) is 33.7 Å². The average molecular weight is 329 g/mol. The number of hydrogen-bond acceptors (Lipinski definition) is 4. The first kappa shape index (κ1) is 14.5. The SMILES string of the molecule is O=S(/C=C\c1ccsc1)NS(=O)/C=C/c1ccsc1. The fourth-order valence-corrected chi connectivity index (χ4v) is 4.07. The molecule has 0 fully saturated rings. The van der Waals surface area contributed by atoms with Gasteiger partial charge < -0.3 is 0 Å². The van der Waals surface area contributed by atoms with Crippen molar-refractivity contribution in [2.45, 2.75) is 0 Å². The molecule has 0 saturated heterocycles. The van der Waals surface area contributed by atoms with Crippen LogP contribution in [-0.2, 0) is 22.0 Å². The molecular formula is C12H11NO2S4. The van der Waals surface area contributed by atoms with Crippen LogP contribution in [-0.4, -0.2) is 8.42 Å². The molecule has 2 aromatic heterocycles. The van der Waals surface area contributed by atoms with Crippen molar-refractivity contribution in [3.05, 3.63) is 55.6 Å². The fraction of sp³-hybridized carbons (Fsp3) is 0. The third-order valence-corrected chi connectivity index (χ3v) is 5.50. The largest absolute Gasteiger partial charge is 0.237 e. The van der Waals surface area contributed by atoms with Gasteiger partial charge in [-0.1, -0.05) is 0 Å². The summed E-state index contributed by atoms with van der Waals surface area (Å²) in [5.41, 5.74) is 1.97. The van der Waals surface area contributed by atoms with E-state index in [-0.39, 0.29) is 0 Å². The third-order valence-electron chi connectivity index (χ3n) is 2.02. The van der Waals surface area contributed by atoms with Gasteiger partial charge in [-0.3, -0.25) is 0 Å². The highest BCUT2D eigenvalue weighted by Gasteiger charge is 1.98. The summed E-state index contributed by atoms with van der Waals surface area (Å²) >= 11 is 3.14. The van der Waals surface area contributed by atoms with Crippen molar-refractivity contribution < 1.29 is 8.42 Å². The van der Waals surface area contributed by atoms with Crippen molar-refractivity contribution in [3.8, 4) is 0 Å². The summed E-state index contributed by atoms with van der Waals surface area (Å²) in [5.74, 6) is 0. The molecule has 0 aliphatic heterocycles. The van der Waals surface area contributed by atoms with E-state index in [0.717, 1.165) is 11.1 Å². The minimum absolute atomic E-state index is 0.986. The Hall–Kier alpha value is -0.860. The van der Waals surface area contributed by atoms with E-state index in [1.54, 1.807) is 34.8 Å². The zero-order valence-electron chi connectivity index (χ0n) is 9.72. The standard InChI is InChI=1S/C12H11NO2S4/c14-18(7-3-11-1-5-16-9-11)13-19(15)8-4-12-2-6-17-10-12/h1-10,13H/b7-3-,8-4+. The van der Waals surface area contributed by atoms with Crippen molar-refractivity contribution in [1.82, 2.24) is 4.13 Å². The summed E-state index contributed by atoms with van der Waals surface area (Å²) in [4.78, 5) is 0. The van der Waals surface area contributed by atoms with E-state index in [9.17, 15) is 8.42 Å². The van der Waals surface area contributed by atoms with E-state index in [0.29, 0.717) is 0 Å². The molecule has 2 atom stereocenters. The molecule has 0 aliphatic rings. The lowest BCUT2D eigenvalue weighted by atomic mass is 10.3. The third kappa shape index (κ3) is 5.33. The Morgan fingerprint density at radius 2 is 1.37 bits per heavy atom.